The molecule has 4 heterocycles. The third-order valence-corrected chi connectivity index (χ3v) is 4.75. The first-order valence-electron chi connectivity index (χ1n) is 8.46. The van der Waals surface area contributed by atoms with Crippen molar-refractivity contribution in [2.45, 2.75) is 38.8 Å². The molecule has 0 saturated carbocycles. The first-order valence-corrected chi connectivity index (χ1v) is 8.46. The number of fused-ring (bicyclic) bond motifs is 1. The molecule has 1 aliphatic heterocycles. The van der Waals surface area contributed by atoms with Crippen LogP contribution in [0.3, 0.4) is 0 Å². The van der Waals surface area contributed by atoms with Gasteiger partial charge in [-0.05, 0) is 24.8 Å². The second kappa shape index (κ2) is 6.20. The summed E-state index contributed by atoms with van der Waals surface area (Å²) in [4.78, 5) is 14.5. The van der Waals surface area contributed by atoms with Crippen LogP contribution < -0.4 is 10.6 Å². The SMILES string of the molecule is CCc1c[nH]c2ncnc(N3CCCC(n4cc(CN)nn4)C3)c12. The van der Waals surface area contributed by atoms with Gasteiger partial charge in [-0.15, -0.1) is 5.10 Å². The number of aromatic amines is 1. The van der Waals surface area contributed by atoms with E-state index in [-0.39, 0.29) is 0 Å². The number of nitrogens with zero attached hydrogens (tertiary/aromatic N) is 6. The molecule has 0 aromatic carbocycles. The van der Waals surface area contributed by atoms with E-state index in [0.717, 1.165) is 54.9 Å². The number of aryl methyl sites for hydroxylation is 1. The van der Waals surface area contributed by atoms with E-state index in [1.807, 2.05) is 17.1 Å². The van der Waals surface area contributed by atoms with Gasteiger partial charge in [0.05, 0.1) is 23.3 Å². The Morgan fingerprint density at radius 3 is 3.08 bits per heavy atom. The van der Waals surface area contributed by atoms with Crippen LogP contribution in [0.1, 0.15) is 37.1 Å². The van der Waals surface area contributed by atoms with Crippen molar-refractivity contribution >= 4 is 16.9 Å². The average Bonchev–Trinajstić information content (AvgIpc) is 3.28. The summed E-state index contributed by atoms with van der Waals surface area (Å²) in [5, 5.41) is 9.50. The van der Waals surface area contributed by atoms with Gasteiger partial charge in [-0.2, -0.15) is 0 Å². The van der Waals surface area contributed by atoms with Gasteiger partial charge in [0.2, 0.25) is 0 Å². The van der Waals surface area contributed by atoms with Crippen LogP contribution >= 0.6 is 0 Å². The Morgan fingerprint density at radius 2 is 2.29 bits per heavy atom. The van der Waals surface area contributed by atoms with E-state index >= 15 is 0 Å². The molecular weight excluding hydrogens is 304 g/mol. The third kappa shape index (κ3) is 2.52. The molecule has 0 radical (unpaired) electrons. The first-order chi connectivity index (χ1) is 11.8. The molecule has 3 aromatic heterocycles. The molecule has 1 aliphatic rings. The molecular formula is C16H22N8. The standard InChI is InChI=1S/C16H22N8/c1-2-11-7-18-15-14(11)16(20-10-19-15)23-5-3-4-13(9-23)24-8-12(6-17)21-22-24/h7-8,10,13H,2-6,9,17H2,1H3,(H,18,19,20). The van der Waals surface area contributed by atoms with Gasteiger partial charge in [0.25, 0.3) is 0 Å². The average molecular weight is 326 g/mol. The Labute approximate surface area is 140 Å². The zero-order valence-electron chi connectivity index (χ0n) is 13.8. The summed E-state index contributed by atoms with van der Waals surface area (Å²) >= 11 is 0. The summed E-state index contributed by atoms with van der Waals surface area (Å²) in [7, 11) is 0. The van der Waals surface area contributed by atoms with Gasteiger partial charge in [-0.3, -0.25) is 0 Å². The summed E-state index contributed by atoms with van der Waals surface area (Å²) in [6.45, 7) is 4.44. The van der Waals surface area contributed by atoms with Crippen molar-refractivity contribution in [2.75, 3.05) is 18.0 Å². The monoisotopic (exact) mass is 326 g/mol. The van der Waals surface area contributed by atoms with Crippen LogP contribution in [0.5, 0.6) is 0 Å². The largest absolute Gasteiger partial charge is 0.354 e. The Hall–Kier alpha value is -2.48. The number of aromatic nitrogens is 6. The zero-order valence-corrected chi connectivity index (χ0v) is 13.8. The number of rotatable bonds is 4. The van der Waals surface area contributed by atoms with Crippen LogP contribution in [-0.4, -0.2) is 43.0 Å². The number of piperidine rings is 1. The Balaban J connectivity index is 1.66. The molecule has 8 nitrogen and oxygen atoms in total. The van der Waals surface area contributed by atoms with Crippen LogP contribution in [0.15, 0.2) is 18.7 Å². The molecule has 1 unspecified atom stereocenters. The quantitative estimate of drug-likeness (QED) is 0.752. The van der Waals surface area contributed by atoms with Gasteiger partial charge in [-0.1, -0.05) is 12.1 Å². The molecule has 4 rings (SSSR count). The van der Waals surface area contributed by atoms with Crippen LogP contribution in [0.2, 0.25) is 0 Å². The smallest absolute Gasteiger partial charge is 0.143 e. The van der Waals surface area contributed by atoms with Crippen LogP contribution in [0.25, 0.3) is 11.0 Å². The Morgan fingerprint density at radius 1 is 1.38 bits per heavy atom. The molecule has 1 atom stereocenters. The van der Waals surface area contributed by atoms with Crippen LogP contribution in [0.4, 0.5) is 5.82 Å². The maximum Gasteiger partial charge on any atom is 0.143 e. The maximum atomic E-state index is 5.65. The van der Waals surface area contributed by atoms with Gasteiger partial charge in [0, 0.05) is 25.8 Å². The van der Waals surface area contributed by atoms with Crippen molar-refractivity contribution < 1.29 is 0 Å². The Kier molecular flexibility index (Phi) is 3.89. The minimum atomic E-state index is 0.292. The highest BCUT2D eigenvalue weighted by Crippen LogP contribution is 2.31. The maximum absolute atomic E-state index is 5.65. The highest BCUT2D eigenvalue weighted by molar-refractivity contribution is 5.90. The van der Waals surface area contributed by atoms with Crippen molar-refractivity contribution in [3.63, 3.8) is 0 Å². The zero-order chi connectivity index (χ0) is 16.5. The minimum Gasteiger partial charge on any atom is -0.354 e. The van der Waals surface area contributed by atoms with Crippen molar-refractivity contribution in [3.8, 4) is 0 Å². The topological polar surface area (TPSA) is 102 Å². The molecule has 3 aromatic rings. The fourth-order valence-corrected chi connectivity index (χ4v) is 3.48. The van der Waals surface area contributed by atoms with E-state index in [2.05, 4.69) is 37.1 Å². The minimum absolute atomic E-state index is 0.292. The van der Waals surface area contributed by atoms with Crippen molar-refractivity contribution in [2.24, 2.45) is 5.73 Å². The molecule has 3 N–H and O–H groups in total. The van der Waals surface area contributed by atoms with E-state index in [1.165, 1.54) is 5.56 Å². The Bertz CT molecular complexity index is 836. The number of hydrogen-bond acceptors (Lipinski definition) is 6. The fourth-order valence-electron chi connectivity index (χ4n) is 3.48. The summed E-state index contributed by atoms with van der Waals surface area (Å²) < 4.78 is 1.95. The highest BCUT2D eigenvalue weighted by atomic mass is 15.4. The van der Waals surface area contributed by atoms with E-state index in [0.29, 0.717) is 12.6 Å². The molecule has 0 spiro atoms. The summed E-state index contributed by atoms with van der Waals surface area (Å²) in [6.07, 6.45) is 8.78. The second-order valence-electron chi connectivity index (χ2n) is 6.22. The van der Waals surface area contributed by atoms with Gasteiger partial charge < -0.3 is 15.6 Å². The van der Waals surface area contributed by atoms with Gasteiger partial charge in [0.1, 0.15) is 17.8 Å². The predicted molar refractivity (Wildman–Crippen MR) is 91.7 cm³/mol. The molecule has 126 valence electrons. The highest BCUT2D eigenvalue weighted by Gasteiger charge is 2.25. The number of hydrogen-bond donors (Lipinski definition) is 2. The lowest BCUT2D eigenvalue weighted by atomic mass is 10.0. The van der Waals surface area contributed by atoms with E-state index in [4.69, 9.17) is 5.73 Å². The first kappa shape index (κ1) is 15.1. The number of nitrogens with two attached hydrogens (primary N) is 1. The number of anilines is 1. The second-order valence-corrected chi connectivity index (χ2v) is 6.22. The molecule has 1 saturated heterocycles. The summed E-state index contributed by atoms with van der Waals surface area (Å²) in [5.41, 5.74) is 8.64. The number of nitrogens with one attached hydrogen (secondary N) is 1. The van der Waals surface area contributed by atoms with Crippen molar-refractivity contribution in [3.05, 3.63) is 30.0 Å². The van der Waals surface area contributed by atoms with E-state index < -0.39 is 0 Å². The van der Waals surface area contributed by atoms with Gasteiger partial charge in [0.15, 0.2) is 0 Å². The molecule has 1 fully saturated rings. The van der Waals surface area contributed by atoms with E-state index in [9.17, 15) is 0 Å². The lowest BCUT2D eigenvalue weighted by Crippen LogP contribution is -2.37. The predicted octanol–water partition coefficient (Wildman–Crippen LogP) is 1.41. The normalized spacial score (nSPS) is 18.4. The molecule has 8 heteroatoms. The van der Waals surface area contributed by atoms with E-state index in [1.54, 1.807) is 6.33 Å². The molecule has 24 heavy (non-hydrogen) atoms. The molecule has 0 bridgehead atoms. The van der Waals surface area contributed by atoms with Crippen LogP contribution in [-0.2, 0) is 13.0 Å². The summed E-state index contributed by atoms with van der Waals surface area (Å²) in [6, 6.07) is 0.292. The summed E-state index contributed by atoms with van der Waals surface area (Å²) in [5.74, 6) is 1.02. The number of H-pyrrole nitrogens is 1. The lowest BCUT2D eigenvalue weighted by Gasteiger charge is -2.33. The van der Waals surface area contributed by atoms with Crippen LogP contribution in [0, 0.1) is 0 Å². The fraction of sp³-hybridized carbons (Fsp3) is 0.500. The third-order valence-electron chi connectivity index (χ3n) is 4.75. The lowest BCUT2D eigenvalue weighted by molar-refractivity contribution is 0.368. The van der Waals surface area contributed by atoms with Crippen molar-refractivity contribution in [1.29, 1.82) is 0 Å². The van der Waals surface area contributed by atoms with Gasteiger partial charge >= 0.3 is 0 Å². The molecule has 0 aliphatic carbocycles. The van der Waals surface area contributed by atoms with Gasteiger partial charge in [-0.25, -0.2) is 14.6 Å². The molecule has 0 amide bonds. The van der Waals surface area contributed by atoms with Crippen molar-refractivity contribution in [1.82, 2.24) is 29.9 Å².